The highest BCUT2D eigenvalue weighted by Gasteiger charge is 2.24. The second kappa shape index (κ2) is 9.05. The van der Waals surface area contributed by atoms with Crippen LogP contribution >= 0.6 is 0 Å². The minimum Gasteiger partial charge on any atom is -0.324 e. The summed E-state index contributed by atoms with van der Waals surface area (Å²) in [5.41, 5.74) is 1.85. The fourth-order valence-corrected chi connectivity index (χ4v) is 5.23. The van der Waals surface area contributed by atoms with Gasteiger partial charge >= 0.3 is 0 Å². The highest BCUT2D eigenvalue weighted by Crippen LogP contribution is 2.25. The van der Waals surface area contributed by atoms with Gasteiger partial charge in [0.05, 0.1) is 28.8 Å². The van der Waals surface area contributed by atoms with Gasteiger partial charge in [0.1, 0.15) is 17.3 Å². The summed E-state index contributed by atoms with van der Waals surface area (Å²) in [5.74, 6) is -1.15. The normalized spacial score (nSPS) is 15.7. The predicted molar refractivity (Wildman–Crippen MR) is 127 cm³/mol. The molecule has 1 aliphatic heterocycles. The zero-order chi connectivity index (χ0) is 24.6. The van der Waals surface area contributed by atoms with Gasteiger partial charge in [-0.15, -0.1) is 0 Å². The molecule has 35 heavy (non-hydrogen) atoms. The molecule has 0 radical (unpaired) electrons. The van der Waals surface area contributed by atoms with Gasteiger partial charge in [0.25, 0.3) is 0 Å². The van der Waals surface area contributed by atoms with Gasteiger partial charge in [-0.3, -0.25) is 4.90 Å². The molecule has 2 aromatic heterocycles. The third-order valence-corrected chi connectivity index (χ3v) is 7.53. The van der Waals surface area contributed by atoms with E-state index in [2.05, 4.69) is 21.4 Å². The van der Waals surface area contributed by atoms with E-state index in [-0.39, 0.29) is 42.4 Å². The molecule has 3 heterocycles. The van der Waals surface area contributed by atoms with Crippen LogP contribution in [0.3, 0.4) is 0 Å². The van der Waals surface area contributed by atoms with Gasteiger partial charge in [0.15, 0.2) is 9.84 Å². The van der Waals surface area contributed by atoms with E-state index < -0.39 is 21.5 Å². The Hall–Kier alpha value is -3.88. The summed E-state index contributed by atoms with van der Waals surface area (Å²) >= 11 is 0. The maximum absolute atomic E-state index is 15.0. The molecule has 0 bridgehead atoms. The van der Waals surface area contributed by atoms with Crippen LogP contribution in [0.1, 0.15) is 11.1 Å². The predicted octanol–water partition coefficient (Wildman–Crippen LogP) is 3.54. The number of nitriles is 1. The number of sulfone groups is 1. The zero-order valence-electron chi connectivity index (χ0n) is 18.4. The number of anilines is 2. The fourth-order valence-electron chi connectivity index (χ4n) is 3.96. The lowest BCUT2D eigenvalue weighted by Crippen LogP contribution is -2.40. The molecule has 8 nitrogen and oxygen atoms in total. The van der Waals surface area contributed by atoms with E-state index >= 15 is 0 Å². The molecular formula is C24H20F2N6O2S. The fraction of sp³-hybridized carbons (Fsp3) is 0.208. The molecule has 1 saturated heterocycles. The summed E-state index contributed by atoms with van der Waals surface area (Å²) in [7, 11) is -3.07. The minimum atomic E-state index is -3.07. The lowest BCUT2D eigenvalue weighted by atomic mass is 10.1. The Morgan fingerprint density at radius 2 is 1.74 bits per heavy atom. The topological polar surface area (TPSA) is 104 Å². The molecule has 1 N–H and O–H groups in total. The molecule has 4 aromatic rings. The highest BCUT2D eigenvalue weighted by atomic mass is 32.2. The van der Waals surface area contributed by atoms with Crippen molar-refractivity contribution in [2.24, 2.45) is 0 Å². The van der Waals surface area contributed by atoms with Crippen molar-refractivity contribution >= 4 is 32.5 Å². The summed E-state index contributed by atoms with van der Waals surface area (Å²) < 4.78 is 54.7. The van der Waals surface area contributed by atoms with Gasteiger partial charge in [-0.1, -0.05) is 0 Å². The molecule has 0 saturated carbocycles. The molecule has 5 rings (SSSR count). The number of rotatable bonds is 5. The lowest BCUT2D eigenvalue weighted by Gasteiger charge is -2.26. The van der Waals surface area contributed by atoms with Crippen molar-refractivity contribution < 1.29 is 17.2 Å². The van der Waals surface area contributed by atoms with Gasteiger partial charge in [-0.05, 0) is 42.5 Å². The molecule has 0 aliphatic carbocycles. The standard InChI is InChI=1S/C24H20F2N6O2S/c25-21-11-19(12-22(26)20(21)15-31-7-9-35(33,34)10-8-31)32-6-5-17-14-28-24(30-23(17)32)29-18-3-1-16(13-27)2-4-18/h1-6,11-12,14H,7-10,15H2,(H,28,29,30). The maximum atomic E-state index is 15.0. The van der Waals surface area contributed by atoms with Crippen molar-refractivity contribution in [2.75, 3.05) is 29.9 Å². The number of aromatic nitrogens is 3. The van der Waals surface area contributed by atoms with Crippen LogP contribution in [-0.2, 0) is 16.4 Å². The van der Waals surface area contributed by atoms with E-state index in [4.69, 9.17) is 5.26 Å². The van der Waals surface area contributed by atoms with E-state index in [1.165, 1.54) is 12.1 Å². The summed E-state index contributed by atoms with van der Waals surface area (Å²) in [4.78, 5) is 10.5. The number of nitrogens with one attached hydrogen (secondary N) is 1. The third-order valence-electron chi connectivity index (χ3n) is 5.92. The number of hydrogen-bond donors (Lipinski definition) is 1. The molecular weight excluding hydrogens is 474 g/mol. The SMILES string of the molecule is N#Cc1ccc(Nc2ncc3ccn(-c4cc(F)c(CN5CCS(=O)(=O)CC5)c(F)c4)c3n2)cc1. The Balaban J connectivity index is 1.41. The summed E-state index contributed by atoms with van der Waals surface area (Å²) in [6.07, 6.45) is 3.27. The molecule has 1 fully saturated rings. The summed E-state index contributed by atoms with van der Waals surface area (Å²) in [6.45, 7) is 0.495. The van der Waals surface area contributed by atoms with Gasteiger partial charge in [0, 0.05) is 48.7 Å². The van der Waals surface area contributed by atoms with Gasteiger partial charge < -0.3 is 9.88 Å². The van der Waals surface area contributed by atoms with Crippen LogP contribution in [0.5, 0.6) is 0 Å². The number of halogens is 2. The van der Waals surface area contributed by atoms with Gasteiger partial charge in [-0.25, -0.2) is 22.2 Å². The Morgan fingerprint density at radius 1 is 1.06 bits per heavy atom. The lowest BCUT2D eigenvalue weighted by molar-refractivity contribution is 0.278. The van der Waals surface area contributed by atoms with Crippen LogP contribution in [0.2, 0.25) is 0 Å². The Kier molecular flexibility index (Phi) is 5.92. The number of benzene rings is 2. The van der Waals surface area contributed by atoms with Crippen LogP contribution < -0.4 is 5.32 Å². The Bertz CT molecular complexity index is 1520. The quantitative estimate of drug-likeness (QED) is 0.453. The summed E-state index contributed by atoms with van der Waals surface area (Å²) in [6, 6.07) is 13.1. The second-order valence-electron chi connectivity index (χ2n) is 8.29. The largest absolute Gasteiger partial charge is 0.324 e. The molecule has 0 atom stereocenters. The average Bonchev–Trinajstić information content (AvgIpc) is 3.26. The minimum absolute atomic E-state index is 0.000717. The van der Waals surface area contributed by atoms with E-state index in [1.54, 1.807) is 52.2 Å². The van der Waals surface area contributed by atoms with Gasteiger partial charge in [-0.2, -0.15) is 10.2 Å². The first-order valence-corrected chi connectivity index (χ1v) is 12.7. The van der Waals surface area contributed by atoms with Gasteiger partial charge in [0.2, 0.25) is 5.95 Å². The highest BCUT2D eigenvalue weighted by molar-refractivity contribution is 7.91. The van der Waals surface area contributed by atoms with Crippen LogP contribution in [0.4, 0.5) is 20.4 Å². The Labute approximate surface area is 200 Å². The first kappa shape index (κ1) is 22.9. The molecule has 0 amide bonds. The van der Waals surface area contributed by atoms with Crippen molar-refractivity contribution in [2.45, 2.75) is 6.54 Å². The van der Waals surface area contributed by atoms with Crippen LogP contribution in [-0.4, -0.2) is 52.4 Å². The first-order valence-electron chi connectivity index (χ1n) is 10.8. The van der Waals surface area contributed by atoms with Crippen LogP contribution in [0, 0.1) is 23.0 Å². The van der Waals surface area contributed by atoms with Crippen molar-refractivity contribution in [3.05, 3.63) is 77.6 Å². The maximum Gasteiger partial charge on any atom is 0.229 e. The van der Waals surface area contributed by atoms with Crippen molar-refractivity contribution in [3.8, 4) is 11.8 Å². The number of hydrogen-bond acceptors (Lipinski definition) is 7. The van der Waals surface area contributed by atoms with Crippen molar-refractivity contribution in [1.82, 2.24) is 19.4 Å². The number of nitrogens with zero attached hydrogens (tertiary/aromatic N) is 5. The van der Waals surface area contributed by atoms with E-state index in [0.717, 1.165) is 0 Å². The average molecular weight is 495 g/mol. The monoisotopic (exact) mass is 494 g/mol. The van der Waals surface area contributed by atoms with E-state index in [9.17, 15) is 17.2 Å². The zero-order valence-corrected chi connectivity index (χ0v) is 19.3. The number of fused-ring (bicyclic) bond motifs is 1. The summed E-state index contributed by atoms with van der Waals surface area (Å²) in [5, 5.41) is 12.7. The third kappa shape index (κ3) is 4.84. The Morgan fingerprint density at radius 3 is 2.40 bits per heavy atom. The smallest absolute Gasteiger partial charge is 0.229 e. The molecule has 178 valence electrons. The molecule has 1 aliphatic rings. The molecule has 0 spiro atoms. The molecule has 2 aromatic carbocycles. The van der Waals surface area contributed by atoms with Crippen molar-refractivity contribution in [3.63, 3.8) is 0 Å². The van der Waals surface area contributed by atoms with E-state index in [1.807, 2.05) is 0 Å². The molecule has 0 unspecified atom stereocenters. The molecule has 11 heteroatoms. The first-order chi connectivity index (χ1) is 16.8. The van der Waals surface area contributed by atoms with Crippen LogP contribution in [0.15, 0.2) is 54.9 Å². The van der Waals surface area contributed by atoms with E-state index in [0.29, 0.717) is 28.2 Å². The van der Waals surface area contributed by atoms with Crippen LogP contribution in [0.25, 0.3) is 16.7 Å². The second-order valence-corrected chi connectivity index (χ2v) is 10.6. The van der Waals surface area contributed by atoms with Crippen molar-refractivity contribution in [1.29, 1.82) is 5.26 Å².